The first-order valence-electron chi connectivity index (χ1n) is 9.77. The summed E-state index contributed by atoms with van der Waals surface area (Å²) in [5.41, 5.74) is 0. The second kappa shape index (κ2) is 8.37. The third-order valence-corrected chi connectivity index (χ3v) is 5.72. The maximum atomic E-state index is 12.5. The van der Waals surface area contributed by atoms with E-state index in [0.29, 0.717) is 11.8 Å². The smallest absolute Gasteiger partial charge is 0.260 e. The van der Waals surface area contributed by atoms with Crippen molar-refractivity contribution >= 4 is 11.9 Å². The van der Waals surface area contributed by atoms with Gasteiger partial charge in [-0.2, -0.15) is 0 Å². The molecule has 6 heteroatoms. The number of carbonyl (C=O) groups excluding carboxylic acids is 1. The van der Waals surface area contributed by atoms with E-state index in [0.717, 1.165) is 57.1 Å². The topological polar surface area (TPSA) is 58.6 Å². The summed E-state index contributed by atoms with van der Waals surface area (Å²) < 4.78 is 5.61. The van der Waals surface area contributed by atoms with E-state index in [-0.39, 0.29) is 12.5 Å². The predicted molar refractivity (Wildman–Crippen MR) is 104 cm³/mol. The molecule has 2 saturated heterocycles. The number of carbonyl (C=O) groups is 1. The van der Waals surface area contributed by atoms with Crippen LogP contribution in [0.15, 0.2) is 48.8 Å². The average molecular weight is 366 g/mol. The number of likely N-dealkylation sites (tertiary alicyclic amines) is 1. The number of piperidine rings is 1. The van der Waals surface area contributed by atoms with Gasteiger partial charge in [-0.25, -0.2) is 9.97 Å². The van der Waals surface area contributed by atoms with E-state index in [1.807, 2.05) is 41.3 Å². The lowest BCUT2D eigenvalue weighted by molar-refractivity contribution is -0.132. The van der Waals surface area contributed by atoms with Crippen LogP contribution < -0.4 is 9.64 Å². The molecule has 1 amide bonds. The molecule has 4 rings (SSSR count). The molecule has 2 aliphatic heterocycles. The Balaban J connectivity index is 1.23. The molecule has 0 aliphatic carbocycles. The van der Waals surface area contributed by atoms with E-state index >= 15 is 0 Å². The Labute approximate surface area is 160 Å². The lowest BCUT2D eigenvalue weighted by atomic mass is 9.84. The summed E-state index contributed by atoms with van der Waals surface area (Å²) in [4.78, 5) is 25.4. The Hall–Kier alpha value is -2.63. The number of hydrogen-bond acceptors (Lipinski definition) is 5. The predicted octanol–water partition coefficient (Wildman–Crippen LogP) is 2.62. The second-order valence-electron chi connectivity index (χ2n) is 7.36. The number of aromatic nitrogens is 2. The Morgan fingerprint density at radius 3 is 2.41 bits per heavy atom. The van der Waals surface area contributed by atoms with Gasteiger partial charge in [0, 0.05) is 38.6 Å². The van der Waals surface area contributed by atoms with Gasteiger partial charge in [-0.05, 0) is 49.3 Å². The molecule has 0 N–H and O–H groups in total. The first kappa shape index (κ1) is 17.8. The summed E-state index contributed by atoms with van der Waals surface area (Å²) in [7, 11) is 0. The highest BCUT2D eigenvalue weighted by Crippen LogP contribution is 2.32. The van der Waals surface area contributed by atoms with Gasteiger partial charge >= 0.3 is 0 Å². The Morgan fingerprint density at radius 2 is 1.67 bits per heavy atom. The van der Waals surface area contributed by atoms with Crippen molar-refractivity contribution in [3.63, 3.8) is 0 Å². The highest BCUT2D eigenvalue weighted by atomic mass is 16.5. The van der Waals surface area contributed by atoms with Crippen LogP contribution in [0.2, 0.25) is 0 Å². The van der Waals surface area contributed by atoms with E-state index in [1.165, 1.54) is 0 Å². The number of para-hydroxylation sites is 1. The van der Waals surface area contributed by atoms with Gasteiger partial charge in [0.25, 0.3) is 5.91 Å². The lowest BCUT2D eigenvalue weighted by Gasteiger charge is -2.34. The third kappa shape index (κ3) is 4.38. The van der Waals surface area contributed by atoms with E-state index in [2.05, 4.69) is 14.9 Å². The maximum Gasteiger partial charge on any atom is 0.260 e. The van der Waals surface area contributed by atoms with Gasteiger partial charge in [-0.15, -0.1) is 0 Å². The summed E-state index contributed by atoms with van der Waals surface area (Å²) in [6.45, 7) is 3.83. The van der Waals surface area contributed by atoms with Crippen LogP contribution in [0.25, 0.3) is 0 Å². The highest BCUT2D eigenvalue weighted by Gasteiger charge is 2.34. The normalized spacial score (nSPS) is 20.7. The molecule has 1 atom stereocenters. The monoisotopic (exact) mass is 366 g/mol. The molecule has 3 heterocycles. The number of benzene rings is 1. The van der Waals surface area contributed by atoms with Crippen LogP contribution in [0.5, 0.6) is 5.75 Å². The van der Waals surface area contributed by atoms with Crippen LogP contribution in [-0.4, -0.2) is 53.6 Å². The van der Waals surface area contributed by atoms with Crippen LogP contribution in [-0.2, 0) is 4.79 Å². The van der Waals surface area contributed by atoms with Crippen LogP contribution in [0, 0.1) is 11.8 Å². The minimum Gasteiger partial charge on any atom is -0.484 e. The fourth-order valence-corrected chi connectivity index (χ4v) is 4.18. The SMILES string of the molecule is O=C(COc1ccccc1)N1CCC(C2CCN(c3ncccn3)CC2)C1. The molecule has 2 fully saturated rings. The molecule has 0 saturated carbocycles. The van der Waals surface area contributed by atoms with Crippen LogP contribution in [0.1, 0.15) is 19.3 Å². The molecule has 1 aromatic heterocycles. The van der Waals surface area contributed by atoms with Crippen molar-refractivity contribution in [2.45, 2.75) is 19.3 Å². The van der Waals surface area contributed by atoms with Gasteiger partial charge in [-0.1, -0.05) is 18.2 Å². The first-order valence-corrected chi connectivity index (χ1v) is 9.77. The van der Waals surface area contributed by atoms with Crippen molar-refractivity contribution < 1.29 is 9.53 Å². The van der Waals surface area contributed by atoms with Crippen molar-refractivity contribution in [2.24, 2.45) is 11.8 Å². The third-order valence-electron chi connectivity index (χ3n) is 5.72. The molecule has 142 valence electrons. The molecule has 2 aromatic rings. The first-order chi connectivity index (χ1) is 13.3. The van der Waals surface area contributed by atoms with Crippen molar-refractivity contribution in [1.82, 2.24) is 14.9 Å². The molecular formula is C21H26N4O2. The minimum absolute atomic E-state index is 0.0940. The number of rotatable bonds is 5. The van der Waals surface area contributed by atoms with Gasteiger partial charge in [0.05, 0.1) is 0 Å². The van der Waals surface area contributed by atoms with Crippen LogP contribution >= 0.6 is 0 Å². The number of hydrogen-bond donors (Lipinski definition) is 0. The highest BCUT2D eigenvalue weighted by molar-refractivity contribution is 5.78. The molecule has 1 unspecified atom stereocenters. The van der Waals surface area contributed by atoms with Gasteiger partial charge in [-0.3, -0.25) is 4.79 Å². The fraction of sp³-hybridized carbons (Fsp3) is 0.476. The molecular weight excluding hydrogens is 340 g/mol. The maximum absolute atomic E-state index is 12.5. The van der Waals surface area contributed by atoms with Crippen molar-refractivity contribution in [2.75, 3.05) is 37.7 Å². The summed E-state index contributed by atoms with van der Waals surface area (Å²) in [5.74, 6) is 2.95. The van der Waals surface area contributed by atoms with Crippen LogP contribution in [0.3, 0.4) is 0 Å². The summed E-state index contributed by atoms with van der Waals surface area (Å²) >= 11 is 0. The molecule has 0 bridgehead atoms. The summed E-state index contributed by atoms with van der Waals surface area (Å²) in [5, 5.41) is 0. The number of anilines is 1. The fourth-order valence-electron chi connectivity index (χ4n) is 4.18. The Kier molecular flexibility index (Phi) is 5.51. The summed E-state index contributed by atoms with van der Waals surface area (Å²) in [6.07, 6.45) is 6.99. The van der Waals surface area contributed by atoms with Crippen molar-refractivity contribution in [1.29, 1.82) is 0 Å². The number of ether oxygens (including phenoxy) is 1. The zero-order valence-corrected chi connectivity index (χ0v) is 15.5. The molecule has 6 nitrogen and oxygen atoms in total. The Bertz CT molecular complexity index is 732. The zero-order chi connectivity index (χ0) is 18.5. The van der Waals surface area contributed by atoms with Crippen LogP contribution in [0.4, 0.5) is 5.95 Å². The summed E-state index contributed by atoms with van der Waals surface area (Å²) in [6, 6.07) is 11.4. The van der Waals surface area contributed by atoms with E-state index in [9.17, 15) is 4.79 Å². The largest absolute Gasteiger partial charge is 0.484 e. The van der Waals surface area contributed by atoms with E-state index in [1.54, 1.807) is 12.4 Å². The minimum atomic E-state index is 0.0940. The standard InChI is InChI=1S/C21H26N4O2/c26-20(16-27-19-5-2-1-3-6-19)25-14-9-18(15-25)17-7-12-24(13-8-17)21-22-10-4-11-23-21/h1-6,10-11,17-18H,7-9,12-16H2. The molecule has 2 aliphatic rings. The zero-order valence-electron chi connectivity index (χ0n) is 15.5. The average Bonchev–Trinajstić information content (AvgIpc) is 3.24. The lowest BCUT2D eigenvalue weighted by Crippen LogP contribution is -2.38. The van der Waals surface area contributed by atoms with Crippen molar-refractivity contribution in [3.05, 3.63) is 48.8 Å². The number of amides is 1. The van der Waals surface area contributed by atoms with E-state index < -0.39 is 0 Å². The van der Waals surface area contributed by atoms with Crippen molar-refractivity contribution in [3.8, 4) is 5.75 Å². The van der Waals surface area contributed by atoms with Gasteiger partial charge < -0.3 is 14.5 Å². The molecule has 1 aromatic carbocycles. The molecule has 27 heavy (non-hydrogen) atoms. The van der Waals surface area contributed by atoms with Gasteiger partial charge in [0.1, 0.15) is 5.75 Å². The molecule has 0 radical (unpaired) electrons. The van der Waals surface area contributed by atoms with E-state index in [4.69, 9.17) is 4.74 Å². The van der Waals surface area contributed by atoms with Gasteiger partial charge in [0.2, 0.25) is 5.95 Å². The Morgan fingerprint density at radius 1 is 0.963 bits per heavy atom. The molecule has 0 spiro atoms. The second-order valence-corrected chi connectivity index (χ2v) is 7.36. The number of nitrogens with zero attached hydrogens (tertiary/aromatic N) is 4. The van der Waals surface area contributed by atoms with Gasteiger partial charge in [0.15, 0.2) is 6.61 Å². The quantitative estimate of drug-likeness (QED) is 0.814.